The molecular formula is C21H18N2O4S. The van der Waals surface area contributed by atoms with Gasteiger partial charge in [-0.25, -0.2) is 0 Å². The fraction of sp³-hybridized carbons (Fsp3) is 0.190. The number of furan rings is 1. The number of fused-ring (bicyclic) bond motifs is 1. The predicted octanol–water partition coefficient (Wildman–Crippen LogP) is 3.55. The highest BCUT2D eigenvalue weighted by Gasteiger charge is 2.41. The Hall–Kier alpha value is -3.19. The van der Waals surface area contributed by atoms with Crippen LogP contribution in [-0.4, -0.2) is 33.6 Å². The average Bonchev–Trinajstić information content (AvgIpc) is 3.44. The van der Waals surface area contributed by atoms with Gasteiger partial charge in [-0.3, -0.25) is 19.3 Å². The van der Waals surface area contributed by atoms with E-state index in [1.54, 1.807) is 65.8 Å². The summed E-state index contributed by atoms with van der Waals surface area (Å²) in [7, 11) is 0. The number of thiophene rings is 1. The first-order chi connectivity index (χ1) is 13.6. The van der Waals surface area contributed by atoms with Crippen LogP contribution in [0.25, 0.3) is 0 Å². The Morgan fingerprint density at radius 2 is 1.75 bits per heavy atom. The van der Waals surface area contributed by atoms with Crippen LogP contribution in [0.5, 0.6) is 0 Å². The van der Waals surface area contributed by atoms with Crippen molar-refractivity contribution in [2.75, 3.05) is 0 Å². The van der Waals surface area contributed by atoms with Crippen molar-refractivity contribution in [1.29, 1.82) is 0 Å². The van der Waals surface area contributed by atoms with Gasteiger partial charge in [0.1, 0.15) is 11.8 Å². The Kier molecular flexibility index (Phi) is 4.83. The van der Waals surface area contributed by atoms with Crippen LogP contribution in [0.1, 0.15) is 38.3 Å². The maximum atomic E-state index is 13.3. The molecule has 4 rings (SSSR count). The predicted molar refractivity (Wildman–Crippen MR) is 104 cm³/mol. The lowest BCUT2D eigenvalue weighted by molar-refractivity contribution is -0.136. The van der Waals surface area contributed by atoms with Crippen molar-refractivity contribution in [3.8, 4) is 0 Å². The topological polar surface area (TPSA) is 70.8 Å². The van der Waals surface area contributed by atoms with E-state index in [1.807, 2.05) is 17.5 Å². The summed E-state index contributed by atoms with van der Waals surface area (Å²) in [5.74, 6) is -0.537. The minimum atomic E-state index is -0.915. The molecule has 0 bridgehead atoms. The lowest BCUT2D eigenvalue weighted by Crippen LogP contribution is -2.48. The number of hydrogen-bond acceptors (Lipinski definition) is 5. The first kappa shape index (κ1) is 18.2. The normalized spacial score (nSPS) is 14.2. The number of imide groups is 1. The average molecular weight is 394 g/mol. The molecule has 28 heavy (non-hydrogen) atoms. The van der Waals surface area contributed by atoms with Gasteiger partial charge in [0.25, 0.3) is 11.8 Å². The summed E-state index contributed by atoms with van der Waals surface area (Å²) in [5, 5.41) is 1.94. The van der Waals surface area contributed by atoms with Crippen molar-refractivity contribution in [2.24, 2.45) is 0 Å². The fourth-order valence-electron chi connectivity index (χ4n) is 3.33. The van der Waals surface area contributed by atoms with Gasteiger partial charge in [-0.1, -0.05) is 18.2 Å². The van der Waals surface area contributed by atoms with Gasteiger partial charge in [0.05, 0.1) is 30.5 Å². The Morgan fingerprint density at radius 1 is 1.04 bits per heavy atom. The summed E-state index contributed by atoms with van der Waals surface area (Å²) in [4.78, 5) is 42.4. The standard InChI is InChI=1S/C21H18N2O4S/c1-14(23-20(25)17-8-2-3-9-18(17)21(23)26)19(24)22(12-15-6-4-10-27-15)13-16-7-5-11-28-16/h2-11,14H,12-13H2,1H3. The zero-order valence-corrected chi connectivity index (χ0v) is 16.0. The van der Waals surface area contributed by atoms with Crippen LogP contribution in [0.3, 0.4) is 0 Å². The van der Waals surface area contributed by atoms with Gasteiger partial charge >= 0.3 is 0 Å². The van der Waals surface area contributed by atoms with E-state index in [2.05, 4.69) is 0 Å². The van der Waals surface area contributed by atoms with Gasteiger partial charge in [0.2, 0.25) is 5.91 Å². The number of amides is 3. The molecule has 2 aromatic heterocycles. The van der Waals surface area contributed by atoms with Crippen LogP contribution in [0.15, 0.2) is 64.6 Å². The summed E-state index contributed by atoms with van der Waals surface area (Å²) < 4.78 is 5.39. The van der Waals surface area contributed by atoms with Crippen molar-refractivity contribution >= 4 is 29.1 Å². The van der Waals surface area contributed by atoms with E-state index in [1.165, 1.54) is 0 Å². The van der Waals surface area contributed by atoms with Crippen LogP contribution in [0.4, 0.5) is 0 Å². The second-order valence-electron chi connectivity index (χ2n) is 6.55. The molecule has 3 amide bonds. The lowest BCUT2D eigenvalue weighted by atomic mass is 10.1. The third-order valence-corrected chi connectivity index (χ3v) is 5.60. The number of hydrogen-bond donors (Lipinski definition) is 0. The third-order valence-electron chi connectivity index (χ3n) is 4.74. The minimum Gasteiger partial charge on any atom is -0.467 e. The zero-order valence-electron chi connectivity index (χ0n) is 15.2. The Bertz CT molecular complexity index is 940. The van der Waals surface area contributed by atoms with Gasteiger partial charge in [0.15, 0.2) is 0 Å². The van der Waals surface area contributed by atoms with Crippen molar-refractivity contribution in [3.63, 3.8) is 0 Å². The summed E-state index contributed by atoms with van der Waals surface area (Å²) >= 11 is 1.54. The maximum absolute atomic E-state index is 13.3. The quantitative estimate of drug-likeness (QED) is 0.600. The van der Waals surface area contributed by atoms with Gasteiger partial charge < -0.3 is 9.32 Å². The van der Waals surface area contributed by atoms with Crippen molar-refractivity contribution in [2.45, 2.75) is 26.1 Å². The van der Waals surface area contributed by atoms with E-state index in [9.17, 15) is 14.4 Å². The molecule has 0 aliphatic carbocycles. The number of benzene rings is 1. The van der Waals surface area contributed by atoms with Crippen molar-refractivity contribution in [3.05, 3.63) is 81.9 Å². The Labute approximate surface area is 166 Å². The summed E-state index contributed by atoms with van der Waals surface area (Å²) in [6, 6.07) is 13.1. The maximum Gasteiger partial charge on any atom is 0.262 e. The summed E-state index contributed by atoms with van der Waals surface area (Å²) in [5.41, 5.74) is 0.672. The van der Waals surface area contributed by atoms with E-state index in [4.69, 9.17) is 4.42 Å². The molecule has 0 N–H and O–H groups in total. The molecular weight excluding hydrogens is 376 g/mol. The van der Waals surface area contributed by atoms with Crippen molar-refractivity contribution in [1.82, 2.24) is 9.80 Å². The highest BCUT2D eigenvalue weighted by atomic mass is 32.1. The molecule has 1 aliphatic heterocycles. The molecule has 0 fully saturated rings. The zero-order chi connectivity index (χ0) is 19.7. The van der Waals surface area contributed by atoms with E-state index >= 15 is 0 Å². The van der Waals surface area contributed by atoms with Crippen LogP contribution in [0, 0.1) is 0 Å². The number of carbonyl (C=O) groups excluding carboxylic acids is 3. The first-order valence-corrected chi connectivity index (χ1v) is 9.74. The number of rotatable bonds is 6. The van der Waals surface area contributed by atoms with Crippen LogP contribution in [-0.2, 0) is 17.9 Å². The smallest absolute Gasteiger partial charge is 0.262 e. The van der Waals surface area contributed by atoms with Gasteiger partial charge in [-0.2, -0.15) is 0 Å². The highest BCUT2D eigenvalue weighted by molar-refractivity contribution is 7.09. The summed E-state index contributed by atoms with van der Waals surface area (Å²) in [6.07, 6.45) is 1.55. The third kappa shape index (κ3) is 3.25. The molecule has 142 valence electrons. The van der Waals surface area contributed by atoms with Gasteiger partial charge in [-0.05, 0) is 42.6 Å². The van der Waals surface area contributed by atoms with E-state index in [0.29, 0.717) is 23.4 Å². The molecule has 1 aliphatic rings. The molecule has 3 heterocycles. The molecule has 0 radical (unpaired) electrons. The second-order valence-corrected chi connectivity index (χ2v) is 7.59. The van der Waals surface area contributed by atoms with Gasteiger partial charge in [0, 0.05) is 4.88 Å². The minimum absolute atomic E-state index is 0.261. The molecule has 3 aromatic rings. The number of carbonyl (C=O) groups is 3. The van der Waals surface area contributed by atoms with Crippen LogP contribution in [0.2, 0.25) is 0 Å². The second kappa shape index (κ2) is 7.44. The van der Waals surface area contributed by atoms with Crippen molar-refractivity contribution < 1.29 is 18.8 Å². The molecule has 0 saturated carbocycles. The van der Waals surface area contributed by atoms with Gasteiger partial charge in [-0.15, -0.1) is 11.3 Å². The first-order valence-electron chi connectivity index (χ1n) is 8.86. The van der Waals surface area contributed by atoms with E-state index in [0.717, 1.165) is 9.78 Å². The summed E-state index contributed by atoms with van der Waals surface area (Å²) in [6.45, 7) is 2.23. The molecule has 6 nitrogen and oxygen atoms in total. The SMILES string of the molecule is CC(C(=O)N(Cc1ccco1)Cc1cccs1)N1C(=O)c2ccccc2C1=O. The number of nitrogens with zero attached hydrogens (tertiary/aromatic N) is 2. The lowest BCUT2D eigenvalue weighted by Gasteiger charge is -2.28. The molecule has 1 atom stereocenters. The van der Waals surface area contributed by atoms with Crippen LogP contribution >= 0.6 is 11.3 Å². The highest BCUT2D eigenvalue weighted by Crippen LogP contribution is 2.26. The molecule has 1 unspecified atom stereocenters. The van der Waals surface area contributed by atoms with E-state index < -0.39 is 17.9 Å². The van der Waals surface area contributed by atoms with Crippen LogP contribution < -0.4 is 0 Å². The molecule has 0 saturated heterocycles. The van der Waals surface area contributed by atoms with E-state index in [-0.39, 0.29) is 12.5 Å². The monoisotopic (exact) mass is 394 g/mol. The molecule has 7 heteroatoms. The Morgan fingerprint density at radius 3 is 2.32 bits per heavy atom. The molecule has 0 spiro atoms. The largest absolute Gasteiger partial charge is 0.467 e. The fourth-order valence-corrected chi connectivity index (χ4v) is 4.05. The Balaban J connectivity index is 1.59. The molecule has 1 aromatic carbocycles.